The van der Waals surface area contributed by atoms with E-state index in [1.165, 1.54) is 9.88 Å². The van der Waals surface area contributed by atoms with Crippen LogP contribution in [0.3, 0.4) is 0 Å². The van der Waals surface area contributed by atoms with Crippen molar-refractivity contribution >= 4 is 41.3 Å². The zero-order valence-corrected chi connectivity index (χ0v) is 19.4. The average Bonchev–Trinajstić information content (AvgIpc) is 3.18. The van der Waals surface area contributed by atoms with Gasteiger partial charge in [0.25, 0.3) is 0 Å². The second kappa shape index (κ2) is 11.6. The van der Waals surface area contributed by atoms with Crippen LogP contribution in [0.1, 0.15) is 34.3 Å². The normalized spacial score (nSPS) is 12.8. The van der Waals surface area contributed by atoms with E-state index >= 15 is 0 Å². The lowest BCUT2D eigenvalue weighted by molar-refractivity contribution is 0.265. The number of aryl methyl sites for hydroxylation is 2. The Hall–Kier alpha value is -1.13. The maximum Gasteiger partial charge on any atom is 0.191 e. The predicted octanol–water partition coefficient (Wildman–Crippen LogP) is 3.37. The molecule has 26 heavy (non-hydrogen) atoms. The summed E-state index contributed by atoms with van der Waals surface area (Å²) in [5, 5.41) is 7.86. The molecule has 2 N–H and O–H groups in total. The monoisotopic (exact) mass is 491 g/mol. The van der Waals surface area contributed by atoms with Gasteiger partial charge in [-0.05, 0) is 47.0 Å². The Balaban J connectivity index is 0.00000338. The molecule has 0 amide bonds. The van der Waals surface area contributed by atoms with Crippen LogP contribution in [-0.2, 0) is 6.42 Å². The van der Waals surface area contributed by atoms with E-state index in [0.717, 1.165) is 36.9 Å². The SMILES string of the molecule is CCNC(=NCC(c1ccco1)N(C)C)NCCc1nc(C)c(C)s1.I. The fourth-order valence-corrected chi connectivity index (χ4v) is 3.38. The Morgan fingerprint density at radius 1 is 1.35 bits per heavy atom. The van der Waals surface area contributed by atoms with E-state index in [2.05, 4.69) is 41.3 Å². The maximum atomic E-state index is 5.54. The van der Waals surface area contributed by atoms with Gasteiger partial charge < -0.3 is 15.1 Å². The van der Waals surface area contributed by atoms with Crippen molar-refractivity contribution in [3.63, 3.8) is 0 Å². The fourth-order valence-electron chi connectivity index (χ4n) is 2.44. The lowest BCUT2D eigenvalue weighted by Gasteiger charge is -2.21. The van der Waals surface area contributed by atoms with Crippen LogP contribution in [0.15, 0.2) is 27.8 Å². The minimum atomic E-state index is 0. The summed E-state index contributed by atoms with van der Waals surface area (Å²) in [6.07, 6.45) is 2.61. The van der Waals surface area contributed by atoms with Gasteiger partial charge in [-0.25, -0.2) is 4.98 Å². The number of nitrogens with one attached hydrogen (secondary N) is 2. The number of guanidine groups is 1. The Morgan fingerprint density at radius 3 is 2.65 bits per heavy atom. The molecule has 0 aliphatic heterocycles. The van der Waals surface area contributed by atoms with E-state index in [9.17, 15) is 0 Å². The van der Waals surface area contributed by atoms with E-state index in [1.54, 1.807) is 17.6 Å². The van der Waals surface area contributed by atoms with E-state index in [4.69, 9.17) is 9.41 Å². The van der Waals surface area contributed by atoms with Crippen molar-refractivity contribution in [1.29, 1.82) is 0 Å². The van der Waals surface area contributed by atoms with E-state index in [1.807, 2.05) is 26.2 Å². The molecule has 2 aromatic rings. The van der Waals surface area contributed by atoms with Crippen LogP contribution < -0.4 is 10.6 Å². The van der Waals surface area contributed by atoms with Crippen molar-refractivity contribution in [3.05, 3.63) is 39.7 Å². The van der Waals surface area contributed by atoms with Gasteiger partial charge >= 0.3 is 0 Å². The molecule has 1 atom stereocenters. The summed E-state index contributed by atoms with van der Waals surface area (Å²) in [4.78, 5) is 12.7. The molecule has 0 saturated carbocycles. The molecule has 8 heteroatoms. The predicted molar refractivity (Wildman–Crippen MR) is 120 cm³/mol. The van der Waals surface area contributed by atoms with Gasteiger partial charge in [-0.2, -0.15) is 0 Å². The molecular formula is C18H30IN5OS. The van der Waals surface area contributed by atoms with Gasteiger partial charge in [0, 0.05) is 24.4 Å². The summed E-state index contributed by atoms with van der Waals surface area (Å²) >= 11 is 1.77. The molecule has 0 bridgehead atoms. The van der Waals surface area contributed by atoms with Gasteiger partial charge in [-0.3, -0.25) is 9.89 Å². The Labute approximate surface area is 177 Å². The van der Waals surface area contributed by atoms with Crippen LogP contribution in [0.5, 0.6) is 0 Å². The number of aromatic nitrogens is 1. The summed E-state index contributed by atoms with van der Waals surface area (Å²) in [7, 11) is 4.08. The smallest absolute Gasteiger partial charge is 0.191 e. The highest BCUT2D eigenvalue weighted by molar-refractivity contribution is 14.0. The third kappa shape index (κ3) is 6.88. The molecule has 0 fully saturated rings. The molecule has 2 heterocycles. The third-order valence-corrected chi connectivity index (χ3v) is 5.10. The molecule has 0 saturated heterocycles. The fraction of sp³-hybridized carbons (Fsp3) is 0.556. The minimum Gasteiger partial charge on any atom is -0.468 e. The van der Waals surface area contributed by atoms with Crippen molar-refractivity contribution in [2.24, 2.45) is 4.99 Å². The second-order valence-electron chi connectivity index (χ2n) is 6.14. The summed E-state index contributed by atoms with van der Waals surface area (Å²) < 4.78 is 5.54. The number of hydrogen-bond donors (Lipinski definition) is 2. The summed E-state index contributed by atoms with van der Waals surface area (Å²) in [6.45, 7) is 8.52. The molecule has 146 valence electrons. The van der Waals surface area contributed by atoms with Gasteiger partial charge in [0.2, 0.25) is 0 Å². The molecule has 0 radical (unpaired) electrons. The molecule has 1 unspecified atom stereocenters. The zero-order valence-electron chi connectivity index (χ0n) is 16.2. The first-order valence-electron chi connectivity index (χ1n) is 8.66. The highest BCUT2D eigenvalue weighted by atomic mass is 127. The zero-order chi connectivity index (χ0) is 18.2. The van der Waals surface area contributed by atoms with Crippen molar-refractivity contribution in [2.75, 3.05) is 33.7 Å². The number of thiazole rings is 1. The highest BCUT2D eigenvalue weighted by Crippen LogP contribution is 2.19. The number of nitrogens with zero attached hydrogens (tertiary/aromatic N) is 3. The van der Waals surface area contributed by atoms with E-state index in [0.29, 0.717) is 6.54 Å². The van der Waals surface area contributed by atoms with E-state index in [-0.39, 0.29) is 30.0 Å². The van der Waals surface area contributed by atoms with Gasteiger partial charge in [-0.1, -0.05) is 0 Å². The molecule has 2 rings (SSSR count). The molecule has 2 aromatic heterocycles. The molecule has 0 spiro atoms. The molecule has 0 aliphatic rings. The quantitative estimate of drug-likeness (QED) is 0.337. The Bertz CT molecular complexity index is 650. The number of aliphatic imine (C=N–C) groups is 1. The first kappa shape index (κ1) is 22.9. The van der Waals surface area contributed by atoms with Crippen LogP contribution >= 0.6 is 35.3 Å². The van der Waals surface area contributed by atoms with Crippen molar-refractivity contribution < 1.29 is 4.42 Å². The minimum absolute atomic E-state index is 0. The lowest BCUT2D eigenvalue weighted by atomic mass is 10.2. The lowest BCUT2D eigenvalue weighted by Crippen LogP contribution is -2.39. The molecule has 0 aliphatic carbocycles. The van der Waals surface area contributed by atoms with Gasteiger partial charge in [-0.15, -0.1) is 35.3 Å². The Kier molecular flexibility index (Phi) is 10.2. The summed E-state index contributed by atoms with van der Waals surface area (Å²) in [6, 6.07) is 4.03. The van der Waals surface area contributed by atoms with Crippen molar-refractivity contribution in [2.45, 2.75) is 33.2 Å². The second-order valence-corrected chi connectivity index (χ2v) is 7.43. The third-order valence-electron chi connectivity index (χ3n) is 3.97. The van der Waals surface area contributed by atoms with Gasteiger partial charge in [0.15, 0.2) is 5.96 Å². The standard InChI is InChI=1S/C18H29N5OS.HI/c1-6-19-18(20-10-9-17-22-13(2)14(3)25-17)21-12-15(23(4)5)16-8-7-11-24-16;/h7-8,11,15H,6,9-10,12H2,1-5H3,(H2,19,20,21);1H. The van der Waals surface area contributed by atoms with Gasteiger partial charge in [0.1, 0.15) is 5.76 Å². The maximum absolute atomic E-state index is 5.54. The van der Waals surface area contributed by atoms with Crippen molar-refractivity contribution in [3.8, 4) is 0 Å². The number of likely N-dealkylation sites (N-methyl/N-ethyl adjacent to an activating group) is 1. The highest BCUT2D eigenvalue weighted by Gasteiger charge is 2.16. The van der Waals surface area contributed by atoms with Crippen LogP contribution in [0.4, 0.5) is 0 Å². The summed E-state index contributed by atoms with van der Waals surface area (Å²) in [5.74, 6) is 1.75. The number of hydrogen-bond acceptors (Lipinski definition) is 5. The number of furan rings is 1. The van der Waals surface area contributed by atoms with Crippen molar-refractivity contribution in [1.82, 2.24) is 20.5 Å². The largest absolute Gasteiger partial charge is 0.468 e. The van der Waals surface area contributed by atoms with Crippen LogP contribution in [0.2, 0.25) is 0 Å². The average molecular weight is 491 g/mol. The number of halogens is 1. The Morgan fingerprint density at radius 2 is 2.12 bits per heavy atom. The molecule has 0 aromatic carbocycles. The first-order chi connectivity index (χ1) is 12.0. The van der Waals surface area contributed by atoms with Gasteiger partial charge in [0.05, 0.1) is 29.6 Å². The topological polar surface area (TPSA) is 65.7 Å². The summed E-state index contributed by atoms with van der Waals surface area (Å²) in [5.41, 5.74) is 1.13. The van der Waals surface area contributed by atoms with E-state index < -0.39 is 0 Å². The first-order valence-corrected chi connectivity index (χ1v) is 9.47. The van der Waals surface area contributed by atoms with Crippen LogP contribution in [0, 0.1) is 13.8 Å². The number of rotatable bonds is 8. The molecular weight excluding hydrogens is 461 g/mol. The van der Waals surface area contributed by atoms with Crippen LogP contribution in [0.25, 0.3) is 0 Å². The molecule has 6 nitrogen and oxygen atoms in total. The van der Waals surface area contributed by atoms with Crippen LogP contribution in [-0.4, -0.2) is 49.6 Å².